The molecule has 0 rings (SSSR count). The molecule has 102 valence electrons. The fraction of sp³-hybridized carbons (Fsp3) is 0.933. The third kappa shape index (κ3) is 9.34. The van der Waals surface area contributed by atoms with E-state index in [2.05, 4.69) is 20.8 Å². The highest BCUT2D eigenvalue weighted by atomic mass is 16.3. The third-order valence-electron chi connectivity index (χ3n) is 3.28. The van der Waals surface area contributed by atoms with E-state index in [0.29, 0.717) is 6.42 Å². The zero-order valence-corrected chi connectivity index (χ0v) is 12.0. The van der Waals surface area contributed by atoms with Gasteiger partial charge in [0.2, 0.25) is 0 Å². The average molecular weight is 242 g/mol. The van der Waals surface area contributed by atoms with Crippen molar-refractivity contribution in [2.45, 2.75) is 78.7 Å². The number of unbranched alkanes of at least 4 members (excludes halogenated alkanes) is 1. The predicted molar refractivity (Wildman–Crippen MR) is 73.0 cm³/mol. The summed E-state index contributed by atoms with van der Waals surface area (Å²) >= 11 is 0. The molecule has 0 aromatic heterocycles. The van der Waals surface area contributed by atoms with Crippen molar-refractivity contribution < 1.29 is 9.90 Å². The lowest BCUT2D eigenvalue weighted by atomic mass is 9.94. The molecule has 0 radical (unpaired) electrons. The molecule has 0 aromatic rings. The lowest BCUT2D eigenvalue weighted by Crippen LogP contribution is -2.19. The van der Waals surface area contributed by atoms with Crippen LogP contribution in [0, 0.1) is 11.8 Å². The molecule has 0 aliphatic carbocycles. The van der Waals surface area contributed by atoms with Crippen LogP contribution in [0.3, 0.4) is 0 Å². The van der Waals surface area contributed by atoms with Crippen molar-refractivity contribution in [2.24, 2.45) is 11.8 Å². The molecule has 2 atom stereocenters. The van der Waals surface area contributed by atoms with Gasteiger partial charge in [-0.05, 0) is 18.8 Å². The molecule has 0 amide bonds. The van der Waals surface area contributed by atoms with Gasteiger partial charge in [0.05, 0.1) is 6.10 Å². The Morgan fingerprint density at radius 3 is 2.18 bits per heavy atom. The van der Waals surface area contributed by atoms with E-state index in [9.17, 15) is 9.90 Å². The summed E-state index contributed by atoms with van der Waals surface area (Å²) in [6.45, 7) is 8.49. The van der Waals surface area contributed by atoms with Gasteiger partial charge in [-0.2, -0.15) is 0 Å². The summed E-state index contributed by atoms with van der Waals surface area (Å²) in [6, 6.07) is 0. The zero-order valence-electron chi connectivity index (χ0n) is 12.0. The molecule has 0 saturated heterocycles. The number of aliphatic hydroxyl groups excluding tert-OH is 1. The highest BCUT2D eigenvalue weighted by molar-refractivity contribution is 5.81. The van der Waals surface area contributed by atoms with Crippen LogP contribution in [0.5, 0.6) is 0 Å². The average Bonchev–Trinajstić information content (AvgIpc) is 2.24. The fourth-order valence-electron chi connectivity index (χ4n) is 2.06. The van der Waals surface area contributed by atoms with Crippen molar-refractivity contribution in [1.82, 2.24) is 0 Å². The van der Waals surface area contributed by atoms with Crippen LogP contribution in [-0.4, -0.2) is 17.0 Å². The van der Waals surface area contributed by atoms with Gasteiger partial charge in [0.1, 0.15) is 5.78 Å². The van der Waals surface area contributed by atoms with Crippen molar-refractivity contribution in [1.29, 1.82) is 0 Å². The number of carbonyl (C=O) groups is 1. The first kappa shape index (κ1) is 16.6. The second-order valence-electron chi connectivity index (χ2n) is 5.69. The number of hydrogen-bond donors (Lipinski definition) is 1. The summed E-state index contributed by atoms with van der Waals surface area (Å²) in [5.74, 6) is 1.08. The first-order valence-electron chi connectivity index (χ1n) is 7.18. The van der Waals surface area contributed by atoms with E-state index in [4.69, 9.17) is 0 Å². The van der Waals surface area contributed by atoms with Gasteiger partial charge in [0.25, 0.3) is 0 Å². The number of ketones is 1. The SMILES string of the molecule is CCCC(C)C(=O)C[C@H](O)CCCCC(C)C. The number of aliphatic hydroxyl groups is 1. The van der Waals surface area contributed by atoms with Crippen molar-refractivity contribution in [2.75, 3.05) is 0 Å². The van der Waals surface area contributed by atoms with Gasteiger partial charge in [0, 0.05) is 12.3 Å². The maximum atomic E-state index is 11.7. The summed E-state index contributed by atoms with van der Waals surface area (Å²) in [4.78, 5) is 11.7. The van der Waals surface area contributed by atoms with Crippen molar-refractivity contribution in [3.8, 4) is 0 Å². The van der Waals surface area contributed by atoms with Crippen LogP contribution in [0.1, 0.15) is 72.6 Å². The summed E-state index contributed by atoms with van der Waals surface area (Å²) < 4.78 is 0. The topological polar surface area (TPSA) is 37.3 Å². The molecule has 0 bridgehead atoms. The molecule has 0 aromatic carbocycles. The van der Waals surface area contributed by atoms with Gasteiger partial charge >= 0.3 is 0 Å². The van der Waals surface area contributed by atoms with Crippen LogP contribution in [0.15, 0.2) is 0 Å². The van der Waals surface area contributed by atoms with Crippen molar-refractivity contribution >= 4 is 5.78 Å². The Bertz CT molecular complexity index is 199. The number of Topliss-reactive ketones (excluding diaryl/α,β-unsaturated/α-hetero) is 1. The lowest BCUT2D eigenvalue weighted by Gasteiger charge is -2.13. The van der Waals surface area contributed by atoms with Crippen LogP contribution in [0.25, 0.3) is 0 Å². The largest absolute Gasteiger partial charge is 0.393 e. The molecule has 1 unspecified atom stereocenters. The quantitative estimate of drug-likeness (QED) is 0.589. The monoisotopic (exact) mass is 242 g/mol. The molecule has 0 fully saturated rings. The van der Waals surface area contributed by atoms with Crippen LogP contribution < -0.4 is 0 Å². The number of hydrogen-bond acceptors (Lipinski definition) is 2. The predicted octanol–water partition coefficient (Wildman–Crippen LogP) is 3.96. The molecule has 0 spiro atoms. The highest BCUT2D eigenvalue weighted by Gasteiger charge is 2.16. The summed E-state index contributed by atoms with van der Waals surface area (Å²) in [6.07, 6.45) is 6.10. The first-order valence-corrected chi connectivity index (χ1v) is 7.18. The minimum Gasteiger partial charge on any atom is -0.393 e. The second kappa shape index (κ2) is 9.64. The maximum Gasteiger partial charge on any atom is 0.138 e. The summed E-state index contributed by atoms with van der Waals surface area (Å²) in [7, 11) is 0. The normalized spacial score (nSPS) is 14.9. The first-order chi connectivity index (χ1) is 7.97. The molecule has 0 heterocycles. The third-order valence-corrected chi connectivity index (χ3v) is 3.28. The maximum absolute atomic E-state index is 11.7. The minimum absolute atomic E-state index is 0.116. The highest BCUT2D eigenvalue weighted by Crippen LogP contribution is 2.14. The number of rotatable bonds is 10. The summed E-state index contributed by atoms with van der Waals surface area (Å²) in [5, 5.41) is 9.78. The molecular weight excluding hydrogens is 212 g/mol. The Balaban J connectivity index is 3.63. The van der Waals surface area contributed by atoms with Crippen molar-refractivity contribution in [3.05, 3.63) is 0 Å². The van der Waals surface area contributed by atoms with E-state index < -0.39 is 6.10 Å². The lowest BCUT2D eigenvalue weighted by molar-refractivity contribution is -0.124. The standard InChI is InChI=1S/C15H30O2/c1-5-8-13(4)15(17)11-14(16)10-7-6-9-12(2)3/h12-14,16H,5-11H2,1-4H3/t13?,14-/m1/s1. The Labute approximate surface area is 107 Å². The Kier molecular flexibility index (Phi) is 9.43. The molecule has 0 saturated carbocycles. The number of carbonyl (C=O) groups excluding carboxylic acids is 1. The molecule has 0 aliphatic rings. The summed E-state index contributed by atoms with van der Waals surface area (Å²) in [5.41, 5.74) is 0. The van der Waals surface area contributed by atoms with Gasteiger partial charge in [-0.1, -0.05) is 53.4 Å². The van der Waals surface area contributed by atoms with Gasteiger partial charge in [-0.15, -0.1) is 0 Å². The smallest absolute Gasteiger partial charge is 0.138 e. The van der Waals surface area contributed by atoms with E-state index in [1.807, 2.05) is 6.92 Å². The fourth-order valence-corrected chi connectivity index (χ4v) is 2.06. The van der Waals surface area contributed by atoms with E-state index in [-0.39, 0.29) is 11.7 Å². The molecule has 0 aliphatic heterocycles. The Morgan fingerprint density at radius 2 is 1.65 bits per heavy atom. The van der Waals surface area contributed by atoms with E-state index >= 15 is 0 Å². The molecule has 1 N–H and O–H groups in total. The van der Waals surface area contributed by atoms with Crippen LogP contribution in [0.2, 0.25) is 0 Å². The minimum atomic E-state index is -0.422. The molecule has 2 heteroatoms. The van der Waals surface area contributed by atoms with Gasteiger partial charge in [-0.3, -0.25) is 4.79 Å². The molecular formula is C15H30O2. The Hall–Kier alpha value is -0.370. The zero-order chi connectivity index (χ0) is 13.3. The second-order valence-corrected chi connectivity index (χ2v) is 5.69. The van der Waals surface area contributed by atoms with Crippen LogP contribution in [-0.2, 0) is 4.79 Å². The van der Waals surface area contributed by atoms with E-state index in [0.717, 1.165) is 38.0 Å². The van der Waals surface area contributed by atoms with E-state index in [1.165, 1.54) is 6.42 Å². The van der Waals surface area contributed by atoms with E-state index in [1.54, 1.807) is 0 Å². The van der Waals surface area contributed by atoms with Gasteiger partial charge < -0.3 is 5.11 Å². The van der Waals surface area contributed by atoms with Crippen LogP contribution in [0.4, 0.5) is 0 Å². The van der Waals surface area contributed by atoms with Gasteiger partial charge in [0.15, 0.2) is 0 Å². The molecule has 2 nitrogen and oxygen atoms in total. The molecule has 17 heavy (non-hydrogen) atoms. The Morgan fingerprint density at radius 1 is 1.06 bits per heavy atom. The van der Waals surface area contributed by atoms with Crippen molar-refractivity contribution in [3.63, 3.8) is 0 Å². The van der Waals surface area contributed by atoms with Gasteiger partial charge in [-0.25, -0.2) is 0 Å². The van der Waals surface area contributed by atoms with Crippen LogP contribution >= 0.6 is 0 Å².